The van der Waals surface area contributed by atoms with E-state index in [0.717, 1.165) is 18.6 Å². The Morgan fingerprint density at radius 2 is 1.95 bits per heavy atom. The third kappa shape index (κ3) is 3.02. The maximum Gasteiger partial charge on any atom is 0.0855 e. The van der Waals surface area contributed by atoms with Crippen molar-refractivity contribution in [1.82, 2.24) is 0 Å². The highest BCUT2D eigenvalue weighted by molar-refractivity contribution is 5.33. The summed E-state index contributed by atoms with van der Waals surface area (Å²) in [6.07, 6.45) is 1.08. The average Bonchev–Trinajstić information content (AvgIpc) is 2.50. The van der Waals surface area contributed by atoms with E-state index >= 15 is 0 Å². The third-order valence-corrected chi connectivity index (χ3v) is 4.45. The van der Waals surface area contributed by atoms with Gasteiger partial charge < -0.3 is 9.84 Å². The zero-order valence-corrected chi connectivity index (χ0v) is 12.7. The molecule has 1 N–H and O–H groups in total. The minimum Gasteiger partial charge on any atom is -0.388 e. The van der Waals surface area contributed by atoms with Crippen LogP contribution in [0.4, 0.5) is 0 Å². The van der Waals surface area contributed by atoms with Crippen LogP contribution in [0.1, 0.15) is 46.4 Å². The number of hydrogen-bond acceptors (Lipinski definition) is 2. The fourth-order valence-electron chi connectivity index (χ4n) is 2.98. The van der Waals surface area contributed by atoms with Gasteiger partial charge in [-0.2, -0.15) is 0 Å². The van der Waals surface area contributed by atoms with E-state index in [0.29, 0.717) is 6.42 Å². The van der Waals surface area contributed by atoms with E-state index in [2.05, 4.69) is 44.2 Å². The zero-order valence-electron chi connectivity index (χ0n) is 12.7. The van der Waals surface area contributed by atoms with E-state index in [1.54, 1.807) is 0 Å². The largest absolute Gasteiger partial charge is 0.388 e. The number of hydrogen-bond donors (Lipinski definition) is 1. The molecule has 1 aliphatic rings. The van der Waals surface area contributed by atoms with Gasteiger partial charge in [0.2, 0.25) is 0 Å². The maximum absolute atomic E-state index is 10.5. The summed E-state index contributed by atoms with van der Waals surface area (Å²) in [6.45, 7) is 4.91. The Kier molecular flexibility index (Phi) is 4.09. The Morgan fingerprint density at radius 3 is 2.76 bits per heavy atom. The summed E-state index contributed by atoms with van der Waals surface area (Å²) in [4.78, 5) is 0. The van der Waals surface area contributed by atoms with Crippen LogP contribution < -0.4 is 0 Å². The van der Waals surface area contributed by atoms with E-state index in [9.17, 15) is 5.11 Å². The van der Waals surface area contributed by atoms with Crippen LogP contribution in [0.15, 0.2) is 42.5 Å². The topological polar surface area (TPSA) is 29.5 Å². The van der Waals surface area contributed by atoms with Crippen molar-refractivity contribution in [3.05, 3.63) is 70.3 Å². The first-order valence-electron chi connectivity index (χ1n) is 7.60. The molecule has 0 amide bonds. The third-order valence-electron chi connectivity index (χ3n) is 4.45. The van der Waals surface area contributed by atoms with Crippen LogP contribution in [0, 0.1) is 13.8 Å². The van der Waals surface area contributed by atoms with Crippen molar-refractivity contribution in [2.45, 2.75) is 38.9 Å². The van der Waals surface area contributed by atoms with E-state index < -0.39 is 6.10 Å². The first-order chi connectivity index (χ1) is 10.1. The molecule has 2 nitrogen and oxygen atoms in total. The van der Waals surface area contributed by atoms with Gasteiger partial charge in [0.15, 0.2) is 0 Å². The number of aryl methyl sites for hydroxylation is 2. The molecule has 0 bridgehead atoms. The smallest absolute Gasteiger partial charge is 0.0855 e. The average molecular weight is 282 g/mol. The Bertz CT molecular complexity index is 633. The molecule has 0 fully saturated rings. The summed E-state index contributed by atoms with van der Waals surface area (Å²) in [5, 5.41) is 10.5. The lowest BCUT2D eigenvalue weighted by molar-refractivity contribution is 0.00376. The molecule has 3 rings (SSSR count). The summed E-state index contributed by atoms with van der Waals surface area (Å²) >= 11 is 0. The van der Waals surface area contributed by atoms with Crippen molar-refractivity contribution in [2.75, 3.05) is 6.61 Å². The van der Waals surface area contributed by atoms with Crippen molar-refractivity contribution >= 4 is 0 Å². The SMILES string of the molecule is Cc1ccc(C(O)CC2OCCc3ccccc32)cc1C. The molecule has 2 aromatic carbocycles. The standard InChI is InChI=1S/C19H22O2/c1-13-7-8-16(11-14(13)2)18(20)12-19-17-6-4-3-5-15(17)9-10-21-19/h3-8,11,18-20H,9-10,12H2,1-2H3. The molecule has 0 aromatic heterocycles. The molecule has 2 aromatic rings. The van der Waals surface area contributed by atoms with Crippen molar-refractivity contribution in [1.29, 1.82) is 0 Å². The van der Waals surface area contributed by atoms with Crippen LogP contribution in [0.5, 0.6) is 0 Å². The predicted octanol–water partition coefficient (Wildman–Crippen LogP) is 4.04. The Labute approximate surface area is 126 Å². The molecule has 0 saturated heterocycles. The van der Waals surface area contributed by atoms with Crippen LogP contribution in [0.25, 0.3) is 0 Å². The van der Waals surface area contributed by atoms with Gasteiger partial charge in [0.25, 0.3) is 0 Å². The Hall–Kier alpha value is -1.64. The van der Waals surface area contributed by atoms with Crippen molar-refractivity contribution in [3.8, 4) is 0 Å². The lowest BCUT2D eigenvalue weighted by Gasteiger charge is -2.28. The normalized spacial score (nSPS) is 19.1. The van der Waals surface area contributed by atoms with E-state index in [4.69, 9.17) is 4.74 Å². The maximum atomic E-state index is 10.5. The molecule has 0 saturated carbocycles. The van der Waals surface area contributed by atoms with Gasteiger partial charge >= 0.3 is 0 Å². The highest BCUT2D eigenvalue weighted by Gasteiger charge is 2.23. The molecule has 2 atom stereocenters. The molecule has 2 unspecified atom stereocenters. The van der Waals surface area contributed by atoms with E-state index in [1.807, 2.05) is 12.1 Å². The second-order valence-electron chi connectivity index (χ2n) is 5.90. The summed E-state index contributed by atoms with van der Waals surface area (Å²) in [6, 6.07) is 14.6. The van der Waals surface area contributed by atoms with Crippen molar-refractivity contribution in [3.63, 3.8) is 0 Å². The van der Waals surface area contributed by atoms with Crippen LogP contribution in [-0.2, 0) is 11.2 Å². The monoisotopic (exact) mass is 282 g/mol. The molecule has 0 radical (unpaired) electrons. The minimum atomic E-state index is -0.486. The summed E-state index contributed by atoms with van der Waals surface area (Å²) < 4.78 is 5.89. The number of aliphatic hydroxyl groups is 1. The van der Waals surface area contributed by atoms with E-state index in [1.165, 1.54) is 22.3 Å². The lowest BCUT2D eigenvalue weighted by atomic mass is 9.92. The summed E-state index contributed by atoms with van der Waals surface area (Å²) in [5.74, 6) is 0. The Balaban J connectivity index is 1.79. The fourth-order valence-corrected chi connectivity index (χ4v) is 2.98. The van der Waals surface area contributed by atoms with Crippen LogP contribution >= 0.6 is 0 Å². The van der Waals surface area contributed by atoms with Gasteiger partial charge in [-0.05, 0) is 48.1 Å². The quantitative estimate of drug-likeness (QED) is 0.920. The molecular weight excluding hydrogens is 260 g/mol. The lowest BCUT2D eigenvalue weighted by Crippen LogP contribution is -2.18. The number of benzene rings is 2. The fraction of sp³-hybridized carbons (Fsp3) is 0.368. The predicted molar refractivity (Wildman–Crippen MR) is 84.3 cm³/mol. The van der Waals surface area contributed by atoms with Crippen molar-refractivity contribution < 1.29 is 9.84 Å². The molecule has 110 valence electrons. The van der Waals surface area contributed by atoms with Crippen LogP contribution in [-0.4, -0.2) is 11.7 Å². The molecule has 21 heavy (non-hydrogen) atoms. The number of fused-ring (bicyclic) bond motifs is 1. The molecular formula is C19H22O2. The summed E-state index contributed by atoms with van der Waals surface area (Å²) in [7, 11) is 0. The molecule has 0 spiro atoms. The first-order valence-corrected chi connectivity index (χ1v) is 7.60. The second-order valence-corrected chi connectivity index (χ2v) is 5.90. The zero-order chi connectivity index (χ0) is 14.8. The highest BCUT2D eigenvalue weighted by atomic mass is 16.5. The van der Waals surface area contributed by atoms with Gasteiger partial charge in [-0.1, -0.05) is 42.5 Å². The van der Waals surface area contributed by atoms with Gasteiger partial charge in [-0.3, -0.25) is 0 Å². The Morgan fingerprint density at radius 1 is 1.14 bits per heavy atom. The van der Waals surface area contributed by atoms with Crippen LogP contribution in [0.3, 0.4) is 0 Å². The van der Waals surface area contributed by atoms with Gasteiger partial charge in [-0.15, -0.1) is 0 Å². The number of rotatable bonds is 3. The van der Waals surface area contributed by atoms with E-state index in [-0.39, 0.29) is 6.10 Å². The summed E-state index contributed by atoms with van der Waals surface area (Å²) in [5.41, 5.74) is 6.03. The molecule has 2 heteroatoms. The number of aliphatic hydroxyl groups excluding tert-OH is 1. The first kappa shape index (κ1) is 14.3. The highest BCUT2D eigenvalue weighted by Crippen LogP contribution is 2.34. The molecule has 1 aliphatic heterocycles. The van der Waals surface area contributed by atoms with Gasteiger partial charge in [0.05, 0.1) is 18.8 Å². The molecule has 1 heterocycles. The minimum absolute atomic E-state index is 0.00782. The van der Waals surface area contributed by atoms with Gasteiger partial charge in [-0.25, -0.2) is 0 Å². The van der Waals surface area contributed by atoms with Gasteiger partial charge in [0.1, 0.15) is 0 Å². The second kappa shape index (κ2) is 6.00. The molecule has 0 aliphatic carbocycles. The van der Waals surface area contributed by atoms with Crippen LogP contribution in [0.2, 0.25) is 0 Å². The van der Waals surface area contributed by atoms with Gasteiger partial charge in [0, 0.05) is 6.42 Å². The number of ether oxygens (including phenoxy) is 1. The van der Waals surface area contributed by atoms with Crippen molar-refractivity contribution in [2.24, 2.45) is 0 Å².